The van der Waals surface area contributed by atoms with Crippen molar-refractivity contribution in [2.24, 2.45) is 0 Å². The Labute approximate surface area is 124 Å². The molecular weight excluding hydrogens is 268 g/mol. The highest BCUT2D eigenvalue weighted by Gasteiger charge is 2.26. The van der Waals surface area contributed by atoms with Crippen LogP contribution in [0.15, 0.2) is 30.4 Å². The second-order valence-corrected chi connectivity index (χ2v) is 5.22. The molecule has 1 N–H and O–H groups in total. The Kier molecular flexibility index (Phi) is 4.10. The molecule has 0 aliphatic carbocycles. The highest BCUT2D eigenvalue weighted by Crippen LogP contribution is 2.33. The minimum absolute atomic E-state index is 0.124. The van der Waals surface area contributed by atoms with E-state index < -0.39 is 0 Å². The number of hydrogen-bond acceptors (Lipinski definition) is 4. The van der Waals surface area contributed by atoms with E-state index in [4.69, 9.17) is 9.47 Å². The van der Waals surface area contributed by atoms with Gasteiger partial charge in [0.15, 0.2) is 11.5 Å². The maximum atomic E-state index is 12.6. The molecule has 5 nitrogen and oxygen atoms in total. The van der Waals surface area contributed by atoms with Gasteiger partial charge >= 0.3 is 0 Å². The van der Waals surface area contributed by atoms with Gasteiger partial charge in [0, 0.05) is 25.2 Å². The first kappa shape index (κ1) is 13.9. The van der Waals surface area contributed by atoms with Crippen molar-refractivity contribution in [2.75, 3.05) is 26.8 Å². The predicted octanol–water partition coefficient (Wildman–Crippen LogP) is 1.33. The van der Waals surface area contributed by atoms with Gasteiger partial charge in [0.2, 0.25) is 5.91 Å². The lowest BCUT2D eigenvalue weighted by molar-refractivity contribution is -0.133. The van der Waals surface area contributed by atoms with Crippen molar-refractivity contribution >= 4 is 5.91 Å². The monoisotopic (exact) mass is 288 g/mol. The summed E-state index contributed by atoms with van der Waals surface area (Å²) in [5.74, 6) is 1.60. The summed E-state index contributed by atoms with van der Waals surface area (Å²) < 4.78 is 11.2. The fourth-order valence-corrected chi connectivity index (χ4v) is 2.75. The van der Waals surface area contributed by atoms with Crippen LogP contribution >= 0.6 is 0 Å². The molecule has 0 saturated heterocycles. The zero-order valence-corrected chi connectivity index (χ0v) is 12.2. The number of nitrogens with zero attached hydrogens (tertiary/aromatic N) is 1. The van der Waals surface area contributed by atoms with Gasteiger partial charge < -0.3 is 14.4 Å². The number of amides is 1. The number of para-hydroxylation sites is 1. The Morgan fingerprint density at radius 1 is 1.48 bits per heavy atom. The van der Waals surface area contributed by atoms with Crippen LogP contribution in [0.2, 0.25) is 0 Å². The maximum absolute atomic E-state index is 12.6. The van der Waals surface area contributed by atoms with Gasteiger partial charge in [-0.25, -0.2) is 0 Å². The van der Waals surface area contributed by atoms with Crippen molar-refractivity contribution in [3.05, 3.63) is 35.9 Å². The lowest BCUT2D eigenvalue weighted by atomic mass is 10.1. The minimum atomic E-state index is -0.195. The zero-order valence-electron chi connectivity index (χ0n) is 12.2. The number of ether oxygens (including phenoxy) is 2. The number of fused-ring (bicyclic) bond motifs is 1. The van der Waals surface area contributed by atoms with Gasteiger partial charge in [0.25, 0.3) is 0 Å². The molecular formula is C16H20N2O3. The Bertz CT molecular complexity index is 556. The van der Waals surface area contributed by atoms with Gasteiger partial charge in [-0.3, -0.25) is 10.1 Å². The first-order chi connectivity index (χ1) is 10.3. The number of hydrogen-bond donors (Lipinski definition) is 1. The lowest BCUT2D eigenvalue weighted by Crippen LogP contribution is -2.44. The van der Waals surface area contributed by atoms with Crippen molar-refractivity contribution in [3.63, 3.8) is 0 Å². The molecule has 2 aliphatic rings. The van der Waals surface area contributed by atoms with E-state index >= 15 is 0 Å². The average molecular weight is 288 g/mol. The molecule has 3 rings (SSSR count). The van der Waals surface area contributed by atoms with E-state index in [0.717, 1.165) is 30.0 Å². The third-order valence-corrected chi connectivity index (χ3v) is 3.82. The van der Waals surface area contributed by atoms with Crippen molar-refractivity contribution in [1.29, 1.82) is 0 Å². The Morgan fingerprint density at radius 3 is 3.14 bits per heavy atom. The van der Waals surface area contributed by atoms with Crippen molar-refractivity contribution in [1.82, 2.24) is 10.2 Å². The summed E-state index contributed by atoms with van der Waals surface area (Å²) in [6, 6.07) is 5.60. The van der Waals surface area contributed by atoms with Crippen molar-refractivity contribution in [3.8, 4) is 11.5 Å². The van der Waals surface area contributed by atoms with Crippen LogP contribution in [0.1, 0.15) is 12.0 Å². The summed E-state index contributed by atoms with van der Waals surface area (Å²) in [5, 5.41) is 3.18. The van der Waals surface area contributed by atoms with Crippen LogP contribution in [0, 0.1) is 0 Å². The minimum Gasteiger partial charge on any atom is -0.493 e. The molecule has 0 radical (unpaired) electrons. The summed E-state index contributed by atoms with van der Waals surface area (Å²) in [6.45, 7) is 2.61. The first-order valence-corrected chi connectivity index (χ1v) is 7.27. The van der Waals surface area contributed by atoms with E-state index in [0.29, 0.717) is 19.7 Å². The van der Waals surface area contributed by atoms with E-state index in [1.807, 2.05) is 35.3 Å². The molecule has 1 atom stereocenters. The van der Waals surface area contributed by atoms with Gasteiger partial charge in [-0.05, 0) is 12.5 Å². The SMILES string of the molecule is COc1cccc2c1OCCCN(C(=O)C1C=CCN1)C2. The third kappa shape index (κ3) is 2.88. The molecule has 1 aromatic carbocycles. The number of nitrogens with one attached hydrogen (secondary N) is 1. The number of carbonyl (C=O) groups is 1. The fourth-order valence-electron chi connectivity index (χ4n) is 2.75. The largest absolute Gasteiger partial charge is 0.493 e. The normalized spacial score (nSPS) is 21.2. The van der Waals surface area contributed by atoms with Crippen LogP contribution in [0.4, 0.5) is 0 Å². The summed E-state index contributed by atoms with van der Waals surface area (Å²) in [5.41, 5.74) is 0.990. The molecule has 0 spiro atoms. The maximum Gasteiger partial charge on any atom is 0.243 e. The summed E-state index contributed by atoms with van der Waals surface area (Å²) in [4.78, 5) is 14.5. The van der Waals surface area contributed by atoms with Crippen molar-refractivity contribution < 1.29 is 14.3 Å². The van der Waals surface area contributed by atoms with E-state index in [9.17, 15) is 4.79 Å². The van der Waals surface area contributed by atoms with Gasteiger partial charge in [0.05, 0.1) is 13.7 Å². The van der Waals surface area contributed by atoms with Crippen molar-refractivity contribution in [2.45, 2.75) is 19.0 Å². The molecule has 2 aliphatic heterocycles. The number of methoxy groups -OCH3 is 1. The highest BCUT2D eigenvalue weighted by atomic mass is 16.5. The molecule has 1 amide bonds. The Balaban J connectivity index is 1.84. The van der Waals surface area contributed by atoms with E-state index in [-0.39, 0.29) is 11.9 Å². The molecule has 1 unspecified atom stereocenters. The summed E-state index contributed by atoms with van der Waals surface area (Å²) in [7, 11) is 1.63. The Hall–Kier alpha value is -2.01. The van der Waals surface area contributed by atoms with E-state index in [1.54, 1.807) is 7.11 Å². The molecule has 2 heterocycles. The number of benzene rings is 1. The summed E-state index contributed by atoms with van der Waals surface area (Å²) >= 11 is 0. The Morgan fingerprint density at radius 2 is 2.38 bits per heavy atom. The van der Waals surface area contributed by atoms with E-state index in [1.165, 1.54) is 0 Å². The van der Waals surface area contributed by atoms with Crippen LogP contribution in [-0.4, -0.2) is 43.7 Å². The zero-order chi connectivity index (χ0) is 14.7. The number of rotatable bonds is 2. The molecule has 1 aromatic rings. The molecule has 0 saturated carbocycles. The van der Waals surface area contributed by atoms with Gasteiger partial charge in [-0.2, -0.15) is 0 Å². The first-order valence-electron chi connectivity index (χ1n) is 7.27. The van der Waals surface area contributed by atoms with Crippen LogP contribution in [-0.2, 0) is 11.3 Å². The third-order valence-electron chi connectivity index (χ3n) is 3.82. The molecule has 0 fully saturated rings. The predicted molar refractivity (Wildman–Crippen MR) is 79.5 cm³/mol. The molecule has 21 heavy (non-hydrogen) atoms. The van der Waals surface area contributed by atoms with E-state index in [2.05, 4.69) is 5.32 Å². The second kappa shape index (κ2) is 6.18. The fraction of sp³-hybridized carbons (Fsp3) is 0.438. The van der Waals surface area contributed by atoms with Crippen LogP contribution < -0.4 is 14.8 Å². The highest BCUT2D eigenvalue weighted by molar-refractivity contribution is 5.84. The van der Waals surface area contributed by atoms with Crippen LogP contribution in [0.3, 0.4) is 0 Å². The van der Waals surface area contributed by atoms with Gasteiger partial charge in [-0.1, -0.05) is 24.3 Å². The lowest BCUT2D eigenvalue weighted by Gasteiger charge is -2.29. The molecule has 112 valence electrons. The smallest absolute Gasteiger partial charge is 0.243 e. The second-order valence-electron chi connectivity index (χ2n) is 5.22. The molecule has 0 bridgehead atoms. The van der Waals surface area contributed by atoms with Crippen LogP contribution in [0.25, 0.3) is 0 Å². The number of carbonyl (C=O) groups excluding carboxylic acids is 1. The average Bonchev–Trinajstić information content (AvgIpc) is 3.01. The quantitative estimate of drug-likeness (QED) is 0.834. The molecule has 0 aromatic heterocycles. The van der Waals surface area contributed by atoms with Gasteiger partial charge in [0.1, 0.15) is 6.04 Å². The standard InChI is InChI=1S/C16H20N2O3/c1-20-14-7-2-5-12-11-18(9-4-10-21-15(12)14)16(19)13-6-3-8-17-13/h2-3,5-7,13,17H,4,8-11H2,1H3. The summed E-state index contributed by atoms with van der Waals surface area (Å²) in [6.07, 6.45) is 4.75. The van der Waals surface area contributed by atoms with Crippen LogP contribution in [0.5, 0.6) is 11.5 Å². The topological polar surface area (TPSA) is 50.8 Å². The van der Waals surface area contributed by atoms with Gasteiger partial charge in [-0.15, -0.1) is 0 Å². The molecule has 5 heteroatoms.